The molecule has 3 atom stereocenters. The molecule has 128 valence electrons. The van der Waals surface area contributed by atoms with E-state index in [1.807, 2.05) is 18.2 Å². The van der Waals surface area contributed by atoms with Gasteiger partial charge in [-0.05, 0) is 31.9 Å². The van der Waals surface area contributed by atoms with E-state index in [4.69, 9.17) is 4.74 Å². The van der Waals surface area contributed by atoms with Crippen LogP contribution < -0.4 is 5.32 Å². The van der Waals surface area contributed by atoms with E-state index in [0.29, 0.717) is 6.54 Å². The highest BCUT2D eigenvalue weighted by Crippen LogP contribution is 2.18. The molecule has 1 aliphatic heterocycles. The molecule has 0 radical (unpaired) electrons. The van der Waals surface area contributed by atoms with Gasteiger partial charge in [-0.15, -0.1) is 0 Å². The Bertz CT molecular complexity index is 482. The molecule has 1 aromatic heterocycles. The quantitative estimate of drug-likeness (QED) is 0.870. The van der Waals surface area contributed by atoms with Gasteiger partial charge in [-0.1, -0.05) is 19.9 Å². The third kappa shape index (κ3) is 5.29. The molecular weight excluding hydrogens is 290 g/mol. The van der Waals surface area contributed by atoms with Crippen molar-refractivity contribution in [3.8, 4) is 0 Å². The molecule has 0 saturated carbocycles. The van der Waals surface area contributed by atoms with Gasteiger partial charge in [0.05, 0.1) is 18.2 Å². The summed E-state index contributed by atoms with van der Waals surface area (Å²) in [5, 5.41) is 3.08. The maximum absolute atomic E-state index is 12.7. The minimum absolute atomic E-state index is 0.104. The van der Waals surface area contributed by atoms with E-state index >= 15 is 0 Å². The number of amides is 1. The Balaban J connectivity index is 1.90. The molecule has 1 aromatic rings. The molecule has 2 heterocycles. The van der Waals surface area contributed by atoms with E-state index in [-0.39, 0.29) is 30.1 Å². The lowest BCUT2D eigenvalue weighted by Gasteiger charge is -2.41. The molecule has 1 saturated heterocycles. The summed E-state index contributed by atoms with van der Waals surface area (Å²) < 4.78 is 5.78. The Morgan fingerprint density at radius 3 is 2.61 bits per heavy atom. The van der Waals surface area contributed by atoms with Crippen molar-refractivity contribution in [1.29, 1.82) is 0 Å². The van der Waals surface area contributed by atoms with Gasteiger partial charge >= 0.3 is 0 Å². The summed E-state index contributed by atoms with van der Waals surface area (Å²) in [7, 11) is 0. The first-order chi connectivity index (χ1) is 11.0. The first-order valence-corrected chi connectivity index (χ1v) is 8.54. The fraction of sp³-hybridized carbons (Fsp3) is 0.667. The molecular formula is C18H29N3O2. The van der Waals surface area contributed by atoms with E-state index in [0.717, 1.165) is 25.2 Å². The predicted molar refractivity (Wildman–Crippen MR) is 91.2 cm³/mol. The second kappa shape index (κ2) is 8.41. The molecule has 5 nitrogen and oxygen atoms in total. The monoisotopic (exact) mass is 319 g/mol. The lowest BCUT2D eigenvalue weighted by Crippen LogP contribution is -2.57. The summed E-state index contributed by atoms with van der Waals surface area (Å²) in [6, 6.07) is 5.75. The van der Waals surface area contributed by atoms with Gasteiger partial charge in [-0.3, -0.25) is 14.7 Å². The van der Waals surface area contributed by atoms with E-state index < -0.39 is 0 Å². The maximum atomic E-state index is 12.7. The topological polar surface area (TPSA) is 54.5 Å². The molecule has 0 aromatic carbocycles. The van der Waals surface area contributed by atoms with Crippen LogP contribution in [0.4, 0.5) is 0 Å². The molecule has 2 rings (SSSR count). The van der Waals surface area contributed by atoms with Crippen LogP contribution in [-0.2, 0) is 16.0 Å². The van der Waals surface area contributed by atoms with Gasteiger partial charge in [0.2, 0.25) is 5.91 Å². The Hall–Kier alpha value is -1.46. The number of morpholine rings is 1. The molecule has 0 bridgehead atoms. The van der Waals surface area contributed by atoms with Crippen molar-refractivity contribution in [3.63, 3.8) is 0 Å². The lowest BCUT2D eigenvalue weighted by atomic mass is 9.99. The Kier molecular flexibility index (Phi) is 6.54. The first kappa shape index (κ1) is 17.9. The number of nitrogens with zero attached hydrogens (tertiary/aromatic N) is 2. The highest BCUT2D eigenvalue weighted by molar-refractivity contribution is 5.82. The zero-order valence-corrected chi connectivity index (χ0v) is 14.7. The number of carbonyl (C=O) groups is 1. The first-order valence-electron chi connectivity index (χ1n) is 8.54. The molecule has 1 fully saturated rings. The number of nitrogens with one attached hydrogen (secondary N) is 1. The van der Waals surface area contributed by atoms with Crippen LogP contribution in [0, 0.1) is 5.92 Å². The highest BCUT2D eigenvalue weighted by Gasteiger charge is 2.33. The number of pyridine rings is 1. The molecule has 1 amide bonds. The summed E-state index contributed by atoms with van der Waals surface area (Å²) in [5.74, 6) is 0.375. The highest BCUT2D eigenvalue weighted by atomic mass is 16.5. The van der Waals surface area contributed by atoms with Crippen molar-refractivity contribution in [1.82, 2.24) is 15.2 Å². The van der Waals surface area contributed by atoms with Crippen molar-refractivity contribution < 1.29 is 9.53 Å². The standard InChI is InChI=1S/C18H29N3O2/c1-13(2)17(21-11-14(3)23-15(4)12-21)18(22)20-10-8-16-7-5-6-9-19-16/h5-7,9,13-15,17H,8,10-12H2,1-4H3,(H,20,22)/t14-,15-,17-/m1/s1. The molecule has 0 unspecified atom stereocenters. The molecule has 1 aliphatic rings. The third-order valence-corrected chi connectivity index (χ3v) is 4.15. The second-order valence-electron chi connectivity index (χ2n) is 6.76. The van der Waals surface area contributed by atoms with E-state index in [1.165, 1.54) is 0 Å². The van der Waals surface area contributed by atoms with Gasteiger partial charge in [0.1, 0.15) is 0 Å². The number of rotatable bonds is 6. The van der Waals surface area contributed by atoms with Gasteiger partial charge in [-0.25, -0.2) is 0 Å². The molecule has 1 N–H and O–H groups in total. The summed E-state index contributed by atoms with van der Waals surface area (Å²) in [4.78, 5) is 19.2. The lowest BCUT2D eigenvalue weighted by molar-refractivity contribution is -0.135. The van der Waals surface area contributed by atoms with Crippen molar-refractivity contribution >= 4 is 5.91 Å². The van der Waals surface area contributed by atoms with Crippen LogP contribution in [0.2, 0.25) is 0 Å². The Morgan fingerprint density at radius 1 is 1.35 bits per heavy atom. The van der Waals surface area contributed by atoms with Crippen molar-refractivity contribution in [2.45, 2.75) is 52.4 Å². The van der Waals surface area contributed by atoms with Gasteiger partial charge in [0.25, 0.3) is 0 Å². The van der Waals surface area contributed by atoms with Crippen LogP contribution in [0.3, 0.4) is 0 Å². The van der Waals surface area contributed by atoms with E-state index in [9.17, 15) is 4.79 Å². The molecule has 5 heteroatoms. The van der Waals surface area contributed by atoms with Crippen molar-refractivity contribution in [3.05, 3.63) is 30.1 Å². The van der Waals surface area contributed by atoms with Gasteiger partial charge in [0.15, 0.2) is 0 Å². The van der Waals surface area contributed by atoms with Crippen LogP contribution in [-0.4, -0.2) is 53.7 Å². The normalized spacial score (nSPS) is 23.7. The smallest absolute Gasteiger partial charge is 0.237 e. The number of ether oxygens (including phenoxy) is 1. The second-order valence-corrected chi connectivity index (χ2v) is 6.76. The number of hydrogen-bond acceptors (Lipinski definition) is 4. The molecule has 0 aliphatic carbocycles. The fourth-order valence-corrected chi connectivity index (χ4v) is 3.30. The number of aromatic nitrogens is 1. The van der Waals surface area contributed by atoms with Crippen molar-refractivity contribution in [2.75, 3.05) is 19.6 Å². The summed E-state index contributed by atoms with van der Waals surface area (Å²) in [6.45, 7) is 10.6. The zero-order chi connectivity index (χ0) is 16.8. The summed E-state index contributed by atoms with van der Waals surface area (Å²) in [5.41, 5.74) is 1.00. The van der Waals surface area contributed by atoms with E-state index in [2.05, 4.69) is 42.9 Å². The maximum Gasteiger partial charge on any atom is 0.237 e. The summed E-state index contributed by atoms with van der Waals surface area (Å²) in [6.07, 6.45) is 2.88. The molecule has 0 spiro atoms. The van der Waals surface area contributed by atoms with Gasteiger partial charge in [-0.2, -0.15) is 0 Å². The van der Waals surface area contributed by atoms with Gasteiger partial charge in [0, 0.05) is 37.9 Å². The predicted octanol–water partition coefficient (Wildman–Crippen LogP) is 1.87. The number of hydrogen-bond donors (Lipinski definition) is 1. The average Bonchev–Trinajstić information content (AvgIpc) is 2.47. The number of carbonyl (C=O) groups excluding carboxylic acids is 1. The van der Waals surface area contributed by atoms with Gasteiger partial charge < -0.3 is 10.1 Å². The Morgan fingerprint density at radius 2 is 2.04 bits per heavy atom. The van der Waals surface area contributed by atoms with E-state index in [1.54, 1.807) is 6.20 Å². The van der Waals surface area contributed by atoms with Crippen LogP contribution in [0.5, 0.6) is 0 Å². The van der Waals surface area contributed by atoms with Crippen LogP contribution in [0.15, 0.2) is 24.4 Å². The van der Waals surface area contributed by atoms with Crippen LogP contribution in [0.1, 0.15) is 33.4 Å². The minimum Gasteiger partial charge on any atom is -0.373 e. The van der Waals surface area contributed by atoms with Crippen molar-refractivity contribution in [2.24, 2.45) is 5.92 Å². The third-order valence-electron chi connectivity index (χ3n) is 4.15. The van der Waals surface area contributed by atoms with Crippen LogP contribution in [0.25, 0.3) is 0 Å². The zero-order valence-electron chi connectivity index (χ0n) is 14.7. The minimum atomic E-state index is -0.104. The largest absolute Gasteiger partial charge is 0.373 e. The van der Waals surface area contributed by atoms with Crippen LogP contribution >= 0.6 is 0 Å². The SMILES string of the molecule is CC(C)[C@H](C(=O)NCCc1ccccn1)N1C[C@@H](C)O[C@H](C)C1. The average molecular weight is 319 g/mol. The summed E-state index contributed by atoms with van der Waals surface area (Å²) >= 11 is 0. The fourth-order valence-electron chi connectivity index (χ4n) is 3.30. The Labute approximate surface area is 139 Å². The molecule has 23 heavy (non-hydrogen) atoms.